The molecular formula is C7H10N3O3S-. The van der Waals surface area contributed by atoms with Crippen LogP contribution < -0.4 is 4.74 Å². The molecule has 1 aliphatic rings. The second-order valence-electron chi connectivity index (χ2n) is 2.93. The molecule has 1 aromatic heterocycles. The normalized spacial score (nSPS) is 20.6. The first-order valence-corrected chi connectivity index (χ1v) is 5.21. The summed E-state index contributed by atoms with van der Waals surface area (Å²) >= 11 is 0. The van der Waals surface area contributed by atoms with E-state index in [-0.39, 0.29) is 6.10 Å². The standard InChI is InChI=1S/C7H10N3O3S/c1-12-5-3-10-7(13-4-5)6(2-9-10)14(8)11/h2,5,8H,3-4H2,1H3/q-1/t5-/m0/s1. The Labute approximate surface area is 82.8 Å². The smallest absolute Gasteiger partial charge is 0.196 e. The minimum Gasteiger partial charge on any atom is -0.476 e. The van der Waals surface area contributed by atoms with E-state index in [4.69, 9.17) is 14.3 Å². The largest absolute Gasteiger partial charge is 0.476 e. The van der Waals surface area contributed by atoms with Crippen LogP contribution in [0.3, 0.4) is 0 Å². The van der Waals surface area contributed by atoms with Gasteiger partial charge in [0.15, 0.2) is 5.88 Å². The Kier molecular flexibility index (Phi) is 2.42. The number of hydrogen-bond donors (Lipinski definition) is 1. The molecule has 0 amide bonds. The van der Waals surface area contributed by atoms with Gasteiger partial charge in [-0.05, 0) is 4.90 Å². The number of fused-ring (bicyclic) bond motifs is 1. The lowest BCUT2D eigenvalue weighted by Gasteiger charge is -2.24. The Morgan fingerprint density at radius 3 is 3.29 bits per heavy atom. The molecule has 2 rings (SSSR count). The fourth-order valence-corrected chi connectivity index (χ4v) is 1.79. The van der Waals surface area contributed by atoms with Crippen LogP contribution in [0.1, 0.15) is 0 Å². The summed E-state index contributed by atoms with van der Waals surface area (Å²) in [6.45, 7) is 0.982. The molecule has 78 valence electrons. The third-order valence-electron chi connectivity index (χ3n) is 2.08. The Morgan fingerprint density at radius 1 is 1.86 bits per heavy atom. The van der Waals surface area contributed by atoms with Crippen molar-refractivity contribution in [1.82, 2.24) is 9.78 Å². The summed E-state index contributed by atoms with van der Waals surface area (Å²) in [6, 6.07) is 0. The van der Waals surface area contributed by atoms with Crippen LogP contribution in [0.2, 0.25) is 0 Å². The molecule has 0 aromatic carbocycles. The molecule has 7 heteroatoms. The number of rotatable bonds is 2. The van der Waals surface area contributed by atoms with E-state index in [1.807, 2.05) is 0 Å². The number of aromatic nitrogens is 2. The summed E-state index contributed by atoms with van der Waals surface area (Å²) < 4.78 is 30.0. The number of nitrogens with zero attached hydrogens (tertiary/aromatic N) is 2. The number of methoxy groups -OCH3 is 1. The van der Waals surface area contributed by atoms with Gasteiger partial charge >= 0.3 is 0 Å². The lowest BCUT2D eigenvalue weighted by atomic mass is 10.3. The maximum absolute atomic E-state index is 10.9. The average molecular weight is 216 g/mol. The van der Waals surface area contributed by atoms with Crippen LogP contribution in [0, 0.1) is 4.78 Å². The maximum atomic E-state index is 10.9. The molecule has 6 nitrogen and oxygen atoms in total. The lowest BCUT2D eigenvalue weighted by molar-refractivity contribution is 0.0165. The van der Waals surface area contributed by atoms with Gasteiger partial charge in [0.25, 0.3) is 0 Å². The molecule has 0 spiro atoms. The van der Waals surface area contributed by atoms with E-state index in [0.29, 0.717) is 23.9 Å². The molecule has 0 bridgehead atoms. The summed E-state index contributed by atoms with van der Waals surface area (Å²) in [4.78, 5) is 0.319. The van der Waals surface area contributed by atoms with E-state index < -0.39 is 10.6 Å². The average Bonchev–Trinajstić information content (AvgIpc) is 2.59. The van der Waals surface area contributed by atoms with Crippen LogP contribution in [0.4, 0.5) is 0 Å². The topological polar surface area (TPSA) is 77.2 Å². The summed E-state index contributed by atoms with van der Waals surface area (Å²) in [6.07, 6.45) is 1.37. The highest BCUT2D eigenvalue weighted by molar-refractivity contribution is 7.73. The van der Waals surface area contributed by atoms with Crippen LogP contribution in [-0.4, -0.2) is 29.6 Å². The van der Waals surface area contributed by atoms with Gasteiger partial charge in [0, 0.05) is 13.3 Å². The van der Waals surface area contributed by atoms with E-state index in [2.05, 4.69) is 5.10 Å². The molecular weight excluding hydrogens is 206 g/mol. The predicted molar refractivity (Wildman–Crippen MR) is 47.6 cm³/mol. The summed E-state index contributed by atoms with van der Waals surface area (Å²) in [7, 11) is -0.196. The van der Waals surface area contributed by atoms with Crippen molar-refractivity contribution in [2.45, 2.75) is 17.5 Å². The first kappa shape index (κ1) is 9.47. The van der Waals surface area contributed by atoms with E-state index in [1.165, 1.54) is 6.20 Å². The van der Waals surface area contributed by atoms with Crippen LogP contribution in [0.25, 0.3) is 0 Å². The van der Waals surface area contributed by atoms with Gasteiger partial charge in [-0.3, -0.25) is 0 Å². The highest BCUT2D eigenvalue weighted by Crippen LogP contribution is 2.24. The summed E-state index contributed by atoms with van der Waals surface area (Å²) in [5.74, 6) is 0.423. The second-order valence-corrected chi connectivity index (χ2v) is 3.91. The molecule has 0 radical (unpaired) electrons. The van der Waals surface area contributed by atoms with Gasteiger partial charge in [-0.15, -0.1) is 0 Å². The lowest BCUT2D eigenvalue weighted by Crippen LogP contribution is -2.31. The molecule has 2 heterocycles. The van der Waals surface area contributed by atoms with Gasteiger partial charge in [0.1, 0.15) is 12.7 Å². The van der Waals surface area contributed by atoms with Crippen molar-refractivity contribution in [3.8, 4) is 5.88 Å². The van der Waals surface area contributed by atoms with Gasteiger partial charge in [-0.1, -0.05) is 0 Å². The van der Waals surface area contributed by atoms with Gasteiger partial charge in [-0.2, -0.15) is 15.7 Å². The molecule has 14 heavy (non-hydrogen) atoms. The van der Waals surface area contributed by atoms with Gasteiger partial charge in [0.05, 0.1) is 6.54 Å². The first-order valence-electron chi connectivity index (χ1n) is 4.06. The highest BCUT2D eigenvalue weighted by Gasteiger charge is 2.20. The Hall–Kier alpha value is -1.08. The minimum atomic E-state index is -1.80. The van der Waals surface area contributed by atoms with Gasteiger partial charge in [0.2, 0.25) is 0 Å². The molecule has 0 saturated carbocycles. The number of hydrogen-bond acceptors (Lipinski definition) is 6. The van der Waals surface area contributed by atoms with Gasteiger partial charge < -0.3 is 18.5 Å². The molecule has 1 N–H and O–H groups in total. The summed E-state index contributed by atoms with van der Waals surface area (Å²) in [5, 5.41) is 3.97. The molecule has 0 unspecified atom stereocenters. The molecule has 1 aromatic rings. The third kappa shape index (κ3) is 1.48. The van der Waals surface area contributed by atoms with Crippen molar-refractivity contribution >= 4 is 10.6 Å². The monoisotopic (exact) mass is 216 g/mol. The molecule has 1 aliphatic heterocycles. The van der Waals surface area contributed by atoms with Crippen molar-refractivity contribution in [2.75, 3.05) is 13.7 Å². The fourth-order valence-electron chi connectivity index (χ4n) is 1.32. The van der Waals surface area contributed by atoms with E-state index >= 15 is 0 Å². The quantitative estimate of drug-likeness (QED) is 0.725. The predicted octanol–water partition coefficient (Wildman–Crippen LogP) is 0.376. The molecule has 0 saturated heterocycles. The second kappa shape index (κ2) is 3.58. The first-order chi connectivity index (χ1) is 6.72. The molecule has 0 aliphatic carbocycles. The van der Waals surface area contributed by atoms with E-state index in [1.54, 1.807) is 11.8 Å². The summed E-state index contributed by atoms with van der Waals surface area (Å²) in [5.41, 5.74) is 0. The van der Waals surface area contributed by atoms with Crippen molar-refractivity contribution in [3.63, 3.8) is 0 Å². The van der Waals surface area contributed by atoms with Gasteiger partial charge in [-0.25, -0.2) is 4.68 Å². The van der Waals surface area contributed by atoms with Crippen molar-refractivity contribution in [1.29, 1.82) is 4.78 Å². The number of ether oxygens (including phenoxy) is 2. The highest BCUT2D eigenvalue weighted by atomic mass is 32.2. The Balaban J connectivity index is 2.34. The van der Waals surface area contributed by atoms with Crippen molar-refractivity contribution in [3.05, 3.63) is 6.20 Å². The van der Waals surface area contributed by atoms with Crippen LogP contribution in [0.5, 0.6) is 5.88 Å². The zero-order valence-electron chi connectivity index (χ0n) is 7.60. The van der Waals surface area contributed by atoms with Crippen molar-refractivity contribution in [2.24, 2.45) is 0 Å². The van der Waals surface area contributed by atoms with Crippen LogP contribution >= 0.6 is 0 Å². The minimum absolute atomic E-state index is 0.0329. The Bertz CT molecular complexity index is 404. The fraction of sp³-hybridized carbons (Fsp3) is 0.571. The van der Waals surface area contributed by atoms with Crippen molar-refractivity contribution < 1.29 is 13.7 Å². The van der Waals surface area contributed by atoms with Crippen LogP contribution in [0.15, 0.2) is 11.1 Å². The van der Waals surface area contributed by atoms with Crippen LogP contribution in [-0.2, 0) is 26.1 Å². The third-order valence-corrected chi connectivity index (χ3v) is 2.75. The molecule has 0 fully saturated rings. The Morgan fingerprint density at radius 2 is 2.64 bits per heavy atom. The van der Waals surface area contributed by atoms with E-state index in [9.17, 15) is 4.21 Å². The number of nitrogens with one attached hydrogen (secondary N) is 1. The van der Waals surface area contributed by atoms with E-state index in [0.717, 1.165) is 0 Å². The molecule has 1 atom stereocenters. The zero-order chi connectivity index (χ0) is 10.1. The zero-order valence-corrected chi connectivity index (χ0v) is 8.41. The maximum Gasteiger partial charge on any atom is 0.196 e. The SMILES string of the molecule is CO[C@@H]1COc2c([S-](=N)=O)cnn2C1.